The lowest BCUT2D eigenvalue weighted by Gasteiger charge is -2.43. The number of rotatable bonds is 5. The lowest BCUT2D eigenvalue weighted by atomic mass is 9.93. The van der Waals surface area contributed by atoms with Gasteiger partial charge in [0.25, 0.3) is 0 Å². The fourth-order valence-electron chi connectivity index (χ4n) is 1.20. The first-order chi connectivity index (χ1) is 6.47. The molecule has 0 aromatic carbocycles. The molecule has 0 atom stereocenters. The average molecular weight is 217 g/mol. The second-order valence-electron chi connectivity index (χ2n) is 4.79. The van der Waals surface area contributed by atoms with E-state index in [1.54, 1.807) is 11.9 Å². The molecule has 1 saturated heterocycles. The Hall–Kier alpha value is -0.0600. The van der Waals surface area contributed by atoms with Crippen LogP contribution in [0.2, 0.25) is 0 Å². The summed E-state index contributed by atoms with van der Waals surface area (Å²) >= 11 is 1.72. The Morgan fingerprint density at radius 1 is 1.50 bits per heavy atom. The highest BCUT2D eigenvalue weighted by molar-refractivity contribution is 7.98. The van der Waals surface area contributed by atoms with Crippen LogP contribution in [0, 0.1) is 0 Å². The van der Waals surface area contributed by atoms with E-state index in [4.69, 9.17) is 4.74 Å². The molecule has 4 heteroatoms. The molecule has 1 fully saturated rings. The normalized spacial score (nSPS) is 20.2. The van der Waals surface area contributed by atoms with Gasteiger partial charge in [0.2, 0.25) is 0 Å². The first kappa shape index (κ1) is 12.0. The first-order valence-electron chi connectivity index (χ1n) is 4.94. The Morgan fingerprint density at radius 2 is 2.14 bits per heavy atom. The summed E-state index contributed by atoms with van der Waals surface area (Å²) in [4.78, 5) is 10.3. The van der Waals surface area contributed by atoms with Gasteiger partial charge in [-0.1, -0.05) is 11.9 Å². The van der Waals surface area contributed by atoms with E-state index in [2.05, 4.69) is 25.5 Å². The van der Waals surface area contributed by atoms with Gasteiger partial charge in [0.1, 0.15) is 6.29 Å². The number of hydrogen-bond donors (Lipinski definition) is 1. The topological polar surface area (TPSA) is 38.3 Å². The first-order valence-corrected chi connectivity index (χ1v) is 5.76. The van der Waals surface area contributed by atoms with Gasteiger partial charge in [0.05, 0.1) is 18.8 Å². The predicted molar refractivity (Wildman–Crippen MR) is 59.3 cm³/mol. The van der Waals surface area contributed by atoms with Crippen LogP contribution in [0.5, 0.6) is 0 Å². The molecule has 1 rings (SSSR count). The maximum Gasteiger partial charge on any atom is 0.120 e. The number of carbonyl (C=O) groups excluding carboxylic acids is 1. The third kappa shape index (κ3) is 3.59. The van der Waals surface area contributed by atoms with Crippen molar-refractivity contribution in [2.45, 2.75) is 43.9 Å². The van der Waals surface area contributed by atoms with Crippen LogP contribution in [0.4, 0.5) is 0 Å². The summed E-state index contributed by atoms with van der Waals surface area (Å²) in [6, 6.07) is 0. The van der Waals surface area contributed by atoms with Gasteiger partial charge < -0.3 is 9.53 Å². The maximum absolute atomic E-state index is 10.3. The van der Waals surface area contributed by atoms with Crippen LogP contribution in [0.25, 0.3) is 0 Å². The molecular formula is C10H19NO2S. The molecule has 0 aromatic heterocycles. The van der Waals surface area contributed by atoms with Gasteiger partial charge in [-0.05, 0) is 27.2 Å². The van der Waals surface area contributed by atoms with Gasteiger partial charge in [-0.25, -0.2) is 0 Å². The zero-order valence-electron chi connectivity index (χ0n) is 9.13. The minimum atomic E-state index is 0.0405. The number of aldehydes is 1. The summed E-state index contributed by atoms with van der Waals surface area (Å²) in [7, 11) is 0. The average Bonchev–Trinajstić information content (AvgIpc) is 2.00. The van der Waals surface area contributed by atoms with Crippen molar-refractivity contribution in [3.05, 3.63) is 0 Å². The molecule has 3 nitrogen and oxygen atoms in total. The van der Waals surface area contributed by atoms with E-state index in [9.17, 15) is 4.79 Å². The van der Waals surface area contributed by atoms with Crippen LogP contribution in [0.3, 0.4) is 0 Å². The van der Waals surface area contributed by atoms with E-state index in [0.29, 0.717) is 6.42 Å². The van der Waals surface area contributed by atoms with Crippen LogP contribution < -0.4 is 4.72 Å². The molecule has 0 radical (unpaired) electrons. The van der Waals surface area contributed by atoms with Crippen LogP contribution in [-0.4, -0.2) is 29.8 Å². The van der Waals surface area contributed by atoms with Crippen molar-refractivity contribution in [2.24, 2.45) is 0 Å². The van der Waals surface area contributed by atoms with E-state index < -0.39 is 0 Å². The lowest BCUT2D eigenvalue weighted by Crippen LogP contribution is -2.58. The van der Waals surface area contributed by atoms with E-state index in [0.717, 1.165) is 25.9 Å². The maximum atomic E-state index is 10.3. The second kappa shape index (κ2) is 4.64. The van der Waals surface area contributed by atoms with Gasteiger partial charge >= 0.3 is 0 Å². The molecule has 82 valence electrons. The van der Waals surface area contributed by atoms with E-state index in [1.165, 1.54) is 0 Å². The molecule has 1 heterocycles. The van der Waals surface area contributed by atoms with E-state index in [-0.39, 0.29) is 10.3 Å². The van der Waals surface area contributed by atoms with Gasteiger partial charge in [0.15, 0.2) is 0 Å². The minimum Gasteiger partial charge on any atom is -0.377 e. The zero-order chi connectivity index (χ0) is 10.7. The van der Waals surface area contributed by atoms with Gasteiger partial charge in [-0.15, -0.1) is 0 Å². The van der Waals surface area contributed by atoms with Gasteiger partial charge in [0, 0.05) is 11.2 Å². The summed E-state index contributed by atoms with van der Waals surface area (Å²) < 4.78 is 8.85. The monoisotopic (exact) mass is 217 g/mol. The molecule has 0 bridgehead atoms. The van der Waals surface area contributed by atoms with Crippen LogP contribution >= 0.6 is 11.9 Å². The van der Waals surface area contributed by atoms with Crippen LogP contribution in [-0.2, 0) is 9.53 Å². The minimum absolute atomic E-state index is 0.0405. The predicted octanol–water partition coefficient (Wildman–Crippen LogP) is 1.77. The summed E-state index contributed by atoms with van der Waals surface area (Å²) in [5, 5.41) is 0. The van der Waals surface area contributed by atoms with E-state index in [1.807, 2.05) is 0 Å². The van der Waals surface area contributed by atoms with Crippen molar-refractivity contribution in [1.82, 2.24) is 4.72 Å². The molecular weight excluding hydrogens is 198 g/mol. The standard InChI is InChI=1S/C10H19NO2S/c1-9(2,3)14-11-10(5-4-6-12)7-13-8-10/h6,11H,4-5,7-8H2,1-3H3. The van der Waals surface area contributed by atoms with Gasteiger partial charge in [-0.3, -0.25) is 4.72 Å². The molecule has 14 heavy (non-hydrogen) atoms. The third-order valence-electron chi connectivity index (χ3n) is 2.07. The Kier molecular flexibility index (Phi) is 3.98. The van der Waals surface area contributed by atoms with Crippen molar-refractivity contribution in [3.63, 3.8) is 0 Å². The Balaban J connectivity index is 2.34. The fourth-order valence-corrected chi connectivity index (χ4v) is 1.94. The van der Waals surface area contributed by atoms with Crippen molar-refractivity contribution >= 4 is 18.2 Å². The second-order valence-corrected chi connectivity index (χ2v) is 6.43. The molecule has 1 aliphatic rings. The van der Waals surface area contributed by atoms with Crippen molar-refractivity contribution in [1.29, 1.82) is 0 Å². The smallest absolute Gasteiger partial charge is 0.120 e. The molecule has 0 unspecified atom stereocenters. The number of ether oxygens (including phenoxy) is 1. The van der Waals surface area contributed by atoms with Crippen molar-refractivity contribution in [3.8, 4) is 0 Å². The third-order valence-corrected chi connectivity index (χ3v) is 3.22. The SMILES string of the molecule is CC(C)(C)SNC1(CCC=O)COC1. The number of carbonyl (C=O) groups is 1. The summed E-state index contributed by atoms with van der Waals surface area (Å²) in [5.41, 5.74) is 0.0405. The molecule has 1 N–H and O–H groups in total. The quantitative estimate of drug-likeness (QED) is 0.562. The zero-order valence-corrected chi connectivity index (χ0v) is 9.95. The molecule has 0 aromatic rings. The highest BCUT2D eigenvalue weighted by atomic mass is 32.2. The fraction of sp³-hybridized carbons (Fsp3) is 0.900. The largest absolute Gasteiger partial charge is 0.377 e. The van der Waals surface area contributed by atoms with E-state index >= 15 is 0 Å². The van der Waals surface area contributed by atoms with Crippen molar-refractivity contribution in [2.75, 3.05) is 13.2 Å². The lowest BCUT2D eigenvalue weighted by molar-refractivity contribution is -0.110. The molecule has 0 aliphatic carbocycles. The highest BCUT2D eigenvalue weighted by Crippen LogP contribution is 2.29. The Morgan fingerprint density at radius 3 is 2.50 bits per heavy atom. The summed E-state index contributed by atoms with van der Waals surface area (Å²) in [6.45, 7) is 7.95. The van der Waals surface area contributed by atoms with Gasteiger partial charge in [-0.2, -0.15) is 0 Å². The summed E-state index contributed by atoms with van der Waals surface area (Å²) in [6.07, 6.45) is 2.46. The highest BCUT2D eigenvalue weighted by Gasteiger charge is 2.38. The van der Waals surface area contributed by atoms with Crippen molar-refractivity contribution < 1.29 is 9.53 Å². The summed E-state index contributed by atoms with van der Waals surface area (Å²) in [5.74, 6) is 0. The van der Waals surface area contributed by atoms with Crippen LogP contribution in [0.1, 0.15) is 33.6 Å². The number of hydrogen-bond acceptors (Lipinski definition) is 4. The Labute approximate surface area is 90.1 Å². The number of nitrogens with one attached hydrogen (secondary N) is 1. The molecule has 1 aliphatic heterocycles. The molecule has 0 spiro atoms. The van der Waals surface area contributed by atoms with Crippen LogP contribution in [0.15, 0.2) is 0 Å². The molecule has 0 amide bonds. The Bertz CT molecular complexity index is 197. The molecule has 0 saturated carbocycles.